The van der Waals surface area contributed by atoms with E-state index < -0.39 is 11.3 Å². The Hall–Kier alpha value is -1.07. The van der Waals surface area contributed by atoms with Crippen molar-refractivity contribution >= 4 is 34.1 Å². The molecule has 1 unspecified atom stereocenters. The Labute approximate surface area is 84.2 Å². The summed E-state index contributed by atoms with van der Waals surface area (Å²) in [5, 5.41) is 10.7. The van der Waals surface area contributed by atoms with Gasteiger partial charge in [0.25, 0.3) is 0 Å². The van der Waals surface area contributed by atoms with E-state index in [1.165, 1.54) is 11.3 Å². The van der Waals surface area contributed by atoms with Gasteiger partial charge in [-0.05, 0) is 23.0 Å². The standard InChI is InChI=1S/C7H8ClN3OS/c8-6(12)5(11-7(9)10)4-2-1-3-13-4/h1-3,5H,(H4,9,10,11). The third kappa shape index (κ3) is 2.71. The predicted molar refractivity (Wildman–Crippen MR) is 53.0 cm³/mol. The van der Waals surface area contributed by atoms with Crippen LogP contribution in [0, 0.1) is 5.41 Å². The Kier molecular flexibility index (Phi) is 3.27. The van der Waals surface area contributed by atoms with E-state index in [9.17, 15) is 4.79 Å². The number of nitrogens with one attached hydrogen (secondary N) is 2. The topological polar surface area (TPSA) is 79.0 Å². The van der Waals surface area contributed by atoms with E-state index in [0.717, 1.165) is 4.88 Å². The molecular weight excluding hydrogens is 210 g/mol. The van der Waals surface area contributed by atoms with Gasteiger partial charge in [-0.2, -0.15) is 0 Å². The van der Waals surface area contributed by atoms with E-state index in [1.54, 1.807) is 12.1 Å². The fourth-order valence-electron chi connectivity index (χ4n) is 0.851. The quantitative estimate of drug-likeness (QED) is 0.402. The summed E-state index contributed by atoms with van der Waals surface area (Å²) in [6.45, 7) is 0. The Bertz CT molecular complexity index is 312. The van der Waals surface area contributed by atoms with E-state index in [0.29, 0.717) is 0 Å². The van der Waals surface area contributed by atoms with Crippen LogP contribution in [0.4, 0.5) is 0 Å². The molecule has 0 aliphatic rings. The van der Waals surface area contributed by atoms with Crippen LogP contribution in [-0.2, 0) is 4.79 Å². The highest BCUT2D eigenvalue weighted by atomic mass is 35.5. The largest absolute Gasteiger partial charge is 0.370 e. The molecule has 13 heavy (non-hydrogen) atoms. The van der Waals surface area contributed by atoms with Gasteiger partial charge in [-0.25, -0.2) is 0 Å². The Morgan fingerprint density at radius 2 is 2.46 bits per heavy atom. The lowest BCUT2D eigenvalue weighted by molar-refractivity contribution is -0.113. The molecule has 1 aromatic heterocycles. The number of hydrogen-bond acceptors (Lipinski definition) is 3. The smallest absolute Gasteiger partial charge is 0.249 e. The van der Waals surface area contributed by atoms with E-state index in [4.69, 9.17) is 22.7 Å². The van der Waals surface area contributed by atoms with Crippen LogP contribution in [0.5, 0.6) is 0 Å². The summed E-state index contributed by atoms with van der Waals surface area (Å²) >= 11 is 6.71. The molecule has 4 nitrogen and oxygen atoms in total. The van der Waals surface area contributed by atoms with Crippen LogP contribution in [-0.4, -0.2) is 11.2 Å². The van der Waals surface area contributed by atoms with Crippen molar-refractivity contribution in [1.82, 2.24) is 5.32 Å². The molecule has 6 heteroatoms. The van der Waals surface area contributed by atoms with Crippen molar-refractivity contribution in [3.8, 4) is 0 Å². The second-order valence-corrected chi connectivity index (χ2v) is 3.66. The first-order valence-corrected chi connectivity index (χ1v) is 4.70. The third-order valence-electron chi connectivity index (χ3n) is 1.35. The van der Waals surface area contributed by atoms with Crippen LogP contribution in [0.15, 0.2) is 17.5 Å². The van der Waals surface area contributed by atoms with E-state index in [1.807, 2.05) is 5.38 Å². The van der Waals surface area contributed by atoms with E-state index >= 15 is 0 Å². The molecule has 1 aromatic rings. The van der Waals surface area contributed by atoms with Crippen LogP contribution in [0.2, 0.25) is 0 Å². The summed E-state index contributed by atoms with van der Waals surface area (Å²) in [6.07, 6.45) is 0. The Morgan fingerprint density at radius 3 is 2.85 bits per heavy atom. The van der Waals surface area contributed by atoms with Crippen LogP contribution in [0.1, 0.15) is 10.9 Å². The molecule has 0 aliphatic carbocycles. The maximum absolute atomic E-state index is 10.9. The Morgan fingerprint density at radius 1 is 1.77 bits per heavy atom. The maximum Gasteiger partial charge on any atom is 0.249 e. The molecule has 4 N–H and O–H groups in total. The number of guanidine groups is 1. The summed E-state index contributed by atoms with van der Waals surface area (Å²) in [6, 6.07) is 2.85. The molecule has 1 heterocycles. The van der Waals surface area contributed by atoms with Gasteiger partial charge in [-0.15, -0.1) is 11.3 Å². The fourth-order valence-corrected chi connectivity index (χ4v) is 1.86. The lowest BCUT2D eigenvalue weighted by atomic mass is 10.3. The third-order valence-corrected chi connectivity index (χ3v) is 2.51. The predicted octanol–water partition coefficient (Wildman–Crippen LogP) is 1.04. The number of nitrogens with two attached hydrogens (primary N) is 1. The van der Waals surface area contributed by atoms with Gasteiger partial charge < -0.3 is 11.1 Å². The van der Waals surface area contributed by atoms with Crippen molar-refractivity contribution in [2.75, 3.05) is 0 Å². The molecule has 0 saturated carbocycles. The van der Waals surface area contributed by atoms with Gasteiger partial charge in [0.1, 0.15) is 6.04 Å². The first-order valence-electron chi connectivity index (χ1n) is 3.44. The average Bonchev–Trinajstić information content (AvgIpc) is 2.50. The summed E-state index contributed by atoms with van der Waals surface area (Å²) in [5.74, 6) is -0.271. The molecule has 0 fully saturated rings. The molecule has 1 rings (SSSR count). The molecule has 0 spiro atoms. The highest BCUT2D eigenvalue weighted by Gasteiger charge is 2.19. The number of hydrogen-bond donors (Lipinski definition) is 3. The van der Waals surface area contributed by atoms with Crippen molar-refractivity contribution in [2.45, 2.75) is 6.04 Å². The van der Waals surface area contributed by atoms with Crippen LogP contribution in [0.25, 0.3) is 0 Å². The minimum absolute atomic E-state index is 0.271. The highest BCUT2D eigenvalue weighted by Crippen LogP contribution is 2.20. The minimum Gasteiger partial charge on any atom is -0.370 e. The molecule has 0 aliphatic heterocycles. The molecule has 1 atom stereocenters. The number of carbonyl (C=O) groups is 1. The number of halogens is 1. The lowest BCUT2D eigenvalue weighted by Gasteiger charge is -2.11. The van der Waals surface area contributed by atoms with Crippen LogP contribution < -0.4 is 11.1 Å². The van der Waals surface area contributed by atoms with Gasteiger partial charge in [0.15, 0.2) is 5.96 Å². The second-order valence-electron chi connectivity index (χ2n) is 2.31. The lowest BCUT2D eigenvalue weighted by Crippen LogP contribution is -2.36. The molecule has 0 amide bonds. The molecular formula is C7H8ClN3OS. The van der Waals surface area contributed by atoms with Crippen molar-refractivity contribution in [1.29, 1.82) is 5.41 Å². The van der Waals surface area contributed by atoms with Gasteiger partial charge >= 0.3 is 0 Å². The highest BCUT2D eigenvalue weighted by molar-refractivity contribution is 7.10. The van der Waals surface area contributed by atoms with Gasteiger partial charge in [-0.1, -0.05) is 6.07 Å². The summed E-state index contributed by atoms with van der Waals surface area (Å²) in [4.78, 5) is 11.7. The summed E-state index contributed by atoms with van der Waals surface area (Å²) < 4.78 is 0. The molecule has 70 valence electrons. The minimum atomic E-state index is -0.709. The van der Waals surface area contributed by atoms with E-state index in [-0.39, 0.29) is 5.96 Å². The SMILES string of the molecule is N=C(N)NC(C(=O)Cl)c1cccs1. The number of rotatable bonds is 3. The van der Waals surface area contributed by atoms with Crippen LogP contribution in [0.3, 0.4) is 0 Å². The average molecular weight is 218 g/mol. The Balaban J connectivity index is 2.81. The van der Waals surface area contributed by atoms with Gasteiger partial charge in [0.05, 0.1) is 0 Å². The molecule has 0 saturated heterocycles. The van der Waals surface area contributed by atoms with Crippen molar-refractivity contribution < 1.29 is 4.79 Å². The second kappa shape index (κ2) is 4.25. The summed E-state index contributed by atoms with van der Waals surface area (Å²) in [5.41, 5.74) is 5.10. The normalized spacial score (nSPS) is 12.1. The zero-order valence-electron chi connectivity index (χ0n) is 6.58. The number of carbonyl (C=O) groups excluding carboxylic acids is 1. The molecule has 0 radical (unpaired) electrons. The summed E-state index contributed by atoms with van der Waals surface area (Å²) in [7, 11) is 0. The van der Waals surface area contributed by atoms with Gasteiger partial charge in [0.2, 0.25) is 5.24 Å². The first kappa shape index (κ1) is 10.0. The number of thiophene rings is 1. The van der Waals surface area contributed by atoms with Crippen molar-refractivity contribution in [2.24, 2.45) is 5.73 Å². The first-order chi connectivity index (χ1) is 6.11. The van der Waals surface area contributed by atoms with Gasteiger partial charge in [-0.3, -0.25) is 10.2 Å². The monoisotopic (exact) mass is 217 g/mol. The van der Waals surface area contributed by atoms with Crippen molar-refractivity contribution in [3.63, 3.8) is 0 Å². The zero-order chi connectivity index (χ0) is 9.84. The van der Waals surface area contributed by atoms with Crippen LogP contribution >= 0.6 is 22.9 Å². The zero-order valence-corrected chi connectivity index (χ0v) is 8.15. The van der Waals surface area contributed by atoms with Gasteiger partial charge in [0, 0.05) is 4.88 Å². The molecule has 0 bridgehead atoms. The van der Waals surface area contributed by atoms with E-state index in [2.05, 4.69) is 5.32 Å². The molecule has 0 aromatic carbocycles. The van der Waals surface area contributed by atoms with Crippen molar-refractivity contribution in [3.05, 3.63) is 22.4 Å². The maximum atomic E-state index is 10.9. The fraction of sp³-hybridized carbons (Fsp3) is 0.143.